The minimum Gasteiger partial charge on any atom is -0.310 e. The number of halogens is 1. The van der Waals surface area contributed by atoms with Crippen LogP contribution in [0.2, 0.25) is 0 Å². The molecule has 3 heteroatoms. The summed E-state index contributed by atoms with van der Waals surface area (Å²) in [6.45, 7) is 0.989. The van der Waals surface area contributed by atoms with E-state index in [1.807, 2.05) is 0 Å². The van der Waals surface area contributed by atoms with Gasteiger partial charge in [-0.3, -0.25) is 0 Å². The Kier molecular flexibility index (Phi) is 3.79. The molecule has 76 valence electrons. The average Bonchev–Trinajstić information content (AvgIpc) is 2.63. The lowest BCUT2D eigenvalue weighted by Gasteiger charge is -2.19. The molecule has 1 N–H and O–H groups in total. The largest absolute Gasteiger partial charge is 0.310 e. The normalized spacial score (nSPS) is 21.4. The quantitative estimate of drug-likeness (QED) is 0.827. The Balaban J connectivity index is 1.82. The van der Waals surface area contributed by atoms with Gasteiger partial charge in [-0.2, -0.15) is 0 Å². The molecule has 1 aromatic heterocycles. The van der Waals surface area contributed by atoms with Gasteiger partial charge in [-0.25, -0.2) is 0 Å². The third-order valence-electron chi connectivity index (χ3n) is 2.54. The van der Waals surface area contributed by atoms with Crippen molar-refractivity contribution in [1.82, 2.24) is 5.32 Å². The van der Waals surface area contributed by atoms with E-state index in [1.165, 1.54) is 28.6 Å². The summed E-state index contributed by atoms with van der Waals surface area (Å²) in [5.41, 5.74) is 1.38. The maximum Gasteiger partial charge on any atom is 0.0743 e. The second kappa shape index (κ2) is 5.10. The van der Waals surface area contributed by atoms with Crippen molar-refractivity contribution in [3.8, 4) is 0 Å². The monoisotopic (exact) mass is 271 g/mol. The lowest BCUT2D eigenvalue weighted by Crippen LogP contribution is -2.29. The van der Waals surface area contributed by atoms with Crippen LogP contribution in [0, 0.1) is 0 Å². The molecule has 0 aliphatic heterocycles. The Morgan fingerprint density at radius 2 is 2.43 bits per heavy atom. The zero-order valence-electron chi connectivity index (χ0n) is 8.00. The third kappa shape index (κ3) is 2.69. The van der Waals surface area contributed by atoms with Crippen LogP contribution in [-0.2, 0) is 6.54 Å². The molecule has 14 heavy (non-hydrogen) atoms. The standard InChI is InChI=1S/C11H14BrNS/c12-11-9(6-7-14-11)8-13-10-4-2-1-3-5-10/h1-2,6-7,10,13H,3-5,8H2. The lowest BCUT2D eigenvalue weighted by atomic mass is 10.0. The Morgan fingerprint density at radius 3 is 3.07 bits per heavy atom. The SMILES string of the molecule is Brc1sccc1CNC1CC=CCC1. The maximum absolute atomic E-state index is 3.59. The van der Waals surface area contributed by atoms with Crippen LogP contribution in [-0.4, -0.2) is 6.04 Å². The van der Waals surface area contributed by atoms with Crippen molar-refractivity contribution in [3.63, 3.8) is 0 Å². The fraction of sp³-hybridized carbons (Fsp3) is 0.455. The molecule has 0 saturated carbocycles. The van der Waals surface area contributed by atoms with E-state index in [4.69, 9.17) is 0 Å². The molecule has 0 aromatic carbocycles. The highest BCUT2D eigenvalue weighted by atomic mass is 79.9. The third-order valence-corrected chi connectivity index (χ3v) is 4.35. The van der Waals surface area contributed by atoms with Crippen LogP contribution in [0.1, 0.15) is 24.8 Å². The molecular weight excluding hydrogens is 258 g/mol. The molecule has 1 atom stereocenters. The number of hydrogen-bond donors (Lipinski definition) is 1. The van der Waals surface area contributed by atoms with Gasteiger partial charge in [0, 0.05) is 12.6 Å². The summed E-state index contributed by atoms with van der Waals surface area (Å²) < 4.78 is 1.26. The second-order valence-electron chi connectivity index (χ2n) is 3.58. The number of hydrogen-bond acceptors (Lipinski definition) is 2. The van der Waals surface area contributed by atoms with Crippen LogP contribution in [0.3, 0.4) is 0 Å². The molecule has 0 amide bonds. The number of allylic oxidation sites excluding steroid dienone is 1. The highest BCUT2D eigenvalue weighted by molar-refractivity contribution is 9.11. The van der Waals surface area contributed by atoms with E-state index in [1.54, 1.807) is 11.3 Å². The Hall–Kier alpha value is -0.120. The van der Waals surface area contributed by atoms with Gasteiger partial charge < -0.3 is 5.32 Å². The first-order valence-electron chi connectivity index (χ1n) is 4.96. The zero-order chi connectivity index (χ0) is 9.80. The van der Waals surface area contributed by atoms with E-state index in [2.05, 4.69) is 44.8 Å². The van der Waals surface area contributed by atoms with Gasteiger partial charge in [0.05, 0.1) is 3.79 Å². The predicted molar refractivity (Wildman–Crippen MR) is 65.6 cm³/mol. The van der Waals surface area contributed by atoms with Crippen LogP contribution in [0.15, 0.2) is 27.4 Å². The second-order valence-corrected chi connectivity index (χ2v) is 5.82. The number of nitrogens with one attached hydrogen (secondary N) is 1. The van der Waals surface area contributed by atoms with Crippen molar-refractivity contribution in [2.75, 3.05) is 0 Å². The first kappa shape index (κ1) is 10.4. The van der Waals surface area contributed by atoms with Gasteiger partial charge in [0.15, 0.2) is 0 Å². The minimum atomic E-state index is 0.673. The Morgan fingerprint density at radius 1 is 1.50 bits per heavy atom. The zero-order valence-corrected chi connectivity index (χ0v) is 10.4. The topological polar surface area (TPSA) is 12.0 Å². The molecule has 2 rings (SSSR count). The maximum atomic E-state index is 3.59. The van der Waals surface area contributed by atoms with E-state index in [0.717, 1.165) is 6.54 Å². The highest BCUT2D eigenvalue weighted by Gasteiger charge is 2.09. The van der Waals surface area contributed by atoms with Crippen LogP contribution in [0.25, 0.3) is 0 Å². The lowest BCUT2D eigenvalue weighted by molar-refractivity contribution is 0.474. The summed E-state index contributed by atoms with van der Waals surface area (Å²) in [5.74, 6) is 0. The molecule has 1 heterocycles. The van der Waals surface area contributed by atoms with Gasteiger partial charge >= 0.3 is 0 Å². The van der Waals surface area contributed by atoms with Crippen molar-refractivity contribution in [3.05, 3.63) is 32.9 Å². The molecule has 1 aromatic rings. The number of rotatable bonds is 3. The molecule has 0 bridgehead atoms. The highest BCUT2D eigenvalue weighted by Crippen LogP contribution is 2.23. The van der Waals surface area contributed by atoms with Crippen LogP contribution < -0.4 is 5.32 Å². The van der Waals surface area contributed by atoms with Crippen molar-refractivity contribution in [2.24, 2.45) is 0 Å². The van der Waals surface area contributed by atoms with Gasteiger partial charge in [-0.15, -0.1) is 11.3 Å². The van der Waals surface area contributed by atoms with Crippen LogP contribution >= 0.6 is 27.3 Å². The van der Waals surface area contributed by atoms with Crippen molar-refractivity contribution < 1.29 is 0 Å². The molecule has 0 fully saturated rings. The van der Waals surface area contributed by atoms with Crippen molar-refractivity contribution >= 4 is 27.3 Å². The fourth-order valence-electron chi connectivity index (χ4n) is 1.68. The van der Waals surface area contributed by atoms with E-state index in [0.29, 0.717) is 6.04 Å². The van der Waals surface area contributed by atoms with Crippen LogP contribution in [0.4, 0.5) is 0 Å². The molecule has 1 aliphatic rings. The summed E-state index contributed by atoms with van der Waals surface area (Å²) >= 11 is 5.31. The fourth-order valence-corrected chi connectivity index (χ4v) is 2.92. The first-order chi connectivity index (χ1) is 6.86. The van der Waals surface area contributed by atoms with Gasteiger partial charge in [0.1, 0.15) is 0 Å². The molecule has 1 nitrogen and oxygen atoms in total. The van der Waals surface area contributed by atoms with Crippen molar-refractivity contribution in [1.29, 1.82) is 0 Å². The van der Waals surface area contributed by atoms with E-state index in [9.17, 15) is 0 Å². The molecule has 0 radical (unpaired) electrons. The van der Waals surface area contributed by atoms with Gasteiger partial charge in [0.25, 0.3) is 0 Å². The van der Waals surface area contributed by atoms with E-state index >= 15 is 0 Å². The molecule has 0 saturated heterocycles. The first-order valence-corrected chi connectivity index (χ1v) is 6.64. The summed E-state index contributed by atoms with van der Waals surface area (Å²) in [5, 5.41) is 5.72. The summed E-state index contributed by atoms with van der Waals surface area (Å²) in [6, 6.07) is 2.85. The van der Waals surface area contributed by atoms with Crippen LogP contribution in [0.5, 0.6) is 0 Å². The van der Waals surface area contributed by atoms with Crippen molar-refractivity contribution in [2.45, 2.75) is 31.8 Å². The minimum absolute atomic E-state index is 0.673. The van der Waals surface area contributed by atoms with E-state index in [-0.39, 0.29) is 0 Å². The summed E-state index contributed by atoms with van der Waals surface area (Å²) in [6.07, 6.45) is 8.24. The molecule has 1 unspecified atom stereocenters. The van der Waals surface area contributed by atoms with Gasteiger partial charge in [-0.1, -0.05) is 12.2 Å². The van der Waals surface area contributed by atoms with E-state index < -0.39 is 0 Å². The Bertz CT molecular complexity index is 319. The van der Waals surface area contributed by atoms with Gasteiger partial charge in [0.2, 0.25) is 0 Å². The molecule has 1 aliphatic carbocycles. The predicted octanol–water partition coefficient (Wildman–Crippen LogP) is 3.71. The smallest absolute Gasteiger partial charge is 0.0743 e. The average molecular weight is 272 g/mol. The summed E-state index contributed by atoms with van der Waals surface area (Å²) in [7, 11) is 0. The number of thiophene rings is 1. The molecular formula is C11H14BrNS. The summed E-state index contributed by atoms with van der Waals surface area (Å²) in [4.78, 5) is 0. The van der Waals surface area contributed by atoms with Gasteiger partial charge in [-0.05, 0) is 52.2 Å². The Labute approximate surface area is 97.3 Å². The molecule has 0 spiro atoms.